The first-order valence-electron chi connectivity index (χ1n) is 7.64. The van der Waals surface area contributed by atoms with Gasteiger partial charge < -0.3 is 24.7 Å². The molecular formula is C14H26NO7P. The summed E-state index contributed by atoms with van der Waals surface area (Å²) in [5, 5.41) is 2.66. The van der Waals surface area contributed by atoms with Crippen LogP contribution in [0.2, 0.25) is 0 Å². The van der Waals surface area contributed by atoms with Crippen LogP contribution in [0.1, 0.15) is 52.9 Å². The van der Waals surface area contributed by atoms with Gasteiger partial charge in [0, 0.05) is 6.42 Å². The molecule has 2 fully saturated rings. The lowest BCUT2D eigenvalue weighted by Crippen LogP contribution is -2.40. The molecule has 0 aromatic carbocycles. The molecule has 4 N–H and O–H groups in total. The average molecular weight is 351 g/mol. The second-order valence-electron chi connectivity index (χ2n) is 7.14. The molecule has 1 heterocycles. The van der Waals surface area contributed by atoms with Crippen molar-refractivity contribution in [1.29, 1.82) is 0 Å². The Morgan fingerprint density at radius 3 is 2.30 bits per heavy atom. The summed E-state index contributed by atoms with van der Waals surface area (Å²) < 4.78 is 14.5. The second-order valence-corrected chi connectivity index (χ2v) is 8.17. The fourth-order valence-electron chi connectivity index (χ4n) is 3.39. The molecule has 2 rings (SSSR count). The van der Waals surface area contributed by atoms with Crippen molar-refractivity contribution in [2.24, 2.45) is 11.3 Å². The van der Waals surface area contributed by atoms with Crippen LogP contribution >= 0.6 is 7.82 Å². The molecule has 1 saturated carbocycles. The summed E-state index contributed by atoms with van der Waals surface area (Å²) in [7, 11) is -4.64. The molecule has 1 aliphatic carbocycles. The van der Waals surface area contributed by atoms with Crippen LogP contribution < -0.4 is 5.32 Å². The second kappa shape index (κ2) is 7.75. The lowest BCUT2D eigenvalue weighted by atomic mass is 9.71. The highest BCUT2D eigenvalue weighted by atomic mass is 31.2. The molecule has 0 aromatic rings. The van der Waals surface area contributed by atoms with Crippen LogP contribution in [0.4, 0.5) is 0 Å². The standard InChI is InChI=1S/C14H23NO3.H3O4P/c1-9-6-10(8-14(2,3)7-9)18-13(17)11-4-5-12(16)15-11;1-5(2,3)4/h9-11H,4-8H2,1-3H3,(H,15,16);(H3,1,2,3,4)/t9-,10+,11-;/m0./s1. The zero-order chi connectivity index (χ0) is 17.8. The molecule has 3 atom stereocenters. The van der Waals surface area contributed by atoms with E-state index in [4.69, 9.17) is 24.0 Å². The average Bonchev–Trinajstić information content (AvgIpc) is 2.70. The fourth-order valence-corrected chi connectivity index (χ4v) is 3.39. The van der Waals surface area contributed by atoms with Crippen molar-refractivity contribution >= 4 is 19.7 Å². The highest BCUT2D eigenvalue weighted by molar-refractivity contribution is 7.45. The molecule has 2 aliphatic rings. The highest BCUT2D eigenvalue weighted by Gasteiger charge is 2.36. The third-order valence-corrected chi connectivity index (χ3v) is 3.91. The van der Waals surface area contributed by atoms with E-state index in [1.54, 1.807) is 0 Å². The molecule has 1 aliphatic heterocycles. The third-order valence-electron chi connectivity index (χ3n) is 3.91. The topological polar surface area (TPSA) is 133 Å². The Bertz CT molecular complexity index is 479. The van der Waals surface area contributed by atoms with Gasteiger partial charge in [-0.3, -0.25) is 4.79 Å². The van der Waals surface area contributed by atoms with Crippen molar-refractivity contribution in [2.75, 3.05) is 0 Å². The van der Waals surface area contributed by atoms with Crippen LogP contribution in [-0.2, 0) is 18.9 Å². The van der Waals surface area contributed by atoms with Crippen LogP contribution in [-0.4, -0.2) is 38.7 Å². The van der Waals surface area contributed by atoms with Crippen LogP contribution in [0, 0.1) is 11.3 Å². The minimum absolute atomic E-state index is 0.00810. The summed E-state index contributed by atoms with van der Waals surface area (Å²) in [4.78, 5) is 44.6. The van der Waals surface area contributed by atoms with Gasteiger partial charge in [0.15, 0.2) is 0 Å². The summed E-state index contributed by atoms with van der Waals surface area (Å²) in [6, 6.07) is -0.419. The first-order valence-corrected chi connectivity index (χ1v) is 9.20. The van der Waals surface area contributed by atoms with E-state index in [2.05, 4.69) is 26.1 Å². The Balaban J connectivity index is 0.000000463. The largest absolute Gasteiger partial charge is 0.466 e. The van der Waals surface area contributed by atoms with E-state index in [9.17, 15) is 9.59 Å². The van der Waals surface area contributed by atoms with Gasteiger partial charge in [0.2, 0.25) is 5.91 Å². The van der Waals surface area contributed by atoms with E-state index < -0.39 is 13.9 Å². The SMILES string of the molecule is C[C@H]1C[C@@H](OC(=O)[C@@H]2CCC(=O)N2)CC(C)(C)C1.O=P(O)(O)O. The third kappa shape index (κ3) is 8.46. The van der Waals surface area contributed by atoms with Gasteiger partial charge in [-0.25, -0.2) is 9.36 Å². The van der Waals surface area contributed by atoms with Gasteiger partial charge >= 0.3 is 13.8 Å². The zero-order valence-electron chi connectivity index (χ0n) is 13.7. The summed E-state index contributed by atoms with van der Waals surface area (Å²) in [5.41, 5.74) is 0.238. The van der Waals surface area contributed by atoms with Crippen molar-refractivity contribution in [2.45, 2.75) is 65.0 Å². The maximum Gasteiger partial charge on any atom is 0.466 e. The van der Waals surface area contributed by atoms with E-state index in [-0.39, 0.29) is 23.4 Å². The number of hydrogen-bond donors (Lipinski definition) is 4. The Morgan fingerprint density at radius 2 is 1.87 bits per heavy atom. The van der Waals surface area contributed by atoms with Crippen LogP contribution in [0.3, 0.4) is 0 Å². The van der Waals surface area contributed by atoms with E-state index in [1.807, 2.05) is 0 Å². The van der Waals surface area contributed by atoms with Gasteiger partial charge in [-0.2, -0.15) is 0 Å². The monoisotopic (exact) mass is 351 g/mol. The molecule has 8 nitrogen and oxygen atoms in total. The molecule has 0 unspecified atom stereocenters. The molecule has 0 radical (unpaired) electrons. The number of phosphoric acid groups is 1. The zero-order valence-corrected chi connectivity index (χ0v) is 14.6. The number of ether oxygens (including phenoxy) is 1. The van der Waals surface area contributed by atoms with Crippen LogP contribution in [0.15, 0.2) is 0 Å². The van der Waals surface area contributed by atoms with Gasteiger partial charge in [0.05, 0.1) is 0 Å². The van der Waals surface area contributed by atoms with Crippen LogP contribution in [0.5, 0.6) is 0 Å². The minimum Gasteiger partial charge on any atom is -0.461 e. The molecule has 23 heavy (non-hydrogen) atoms. The van der Waals surface area contributed by atoms with E-state index in [0.29, 0.717) is 18.8 Å². The first kappa shape index (κ1) is 20.1. The maximum atomic E-state index is 11.9. The van der Waals surface area contributed by atoms with Gasteiger partial charge in [-0.1, -0.05) is 20.8 Å². The molecule has 1 saturated heterocycles. The number of esters is 1. The molecular weight excluding hydrogens is 325 g/mol. The first-order chi connectivity index (χ1) is 10.4. The molecule has 9 heteroatoms. The number of hydrogen-bond acceptors (Lipinski definition) is 4. The van der Waals surface area contributed by atoms with E-state index >= 15 is 0 Å². The van der Waals surface area contributed by atoms with Crippen LogP contribution in [0.25, 0.3) is 0 Å². The summed E-state index contributed by atoms with van der Waals surface area (Å²) >= 11 is 0. The number of amides is 1. The van der Waals surface area contributed by atoms with Crippen molar-refractivity contribution in [3.05, 3.63) is 0 Å². The molecule has 0 spiro atoms. The Labute approximate surface area is 135 Å². The Morgan fingerprint density at radius 1 is 1.30 bits per heavy atom. The molecule has 134 valence electrons. The molecule has 0 aromatic heterocycles. The lowest BCUT2D eigenvalue weighted by molar-refractivity contribution is -0.156. The smallest absolute Gasteiger partial charge is 0.461 e. The summed E-state index contributed by atoms with van der Waals surface area (Å²) in [6.07, 6.45) is 4.06. The Hall–Kier alpha value is -0.950. The van der Waals surface area contributed by atoms with E-state index in [1.165, 1.54) is 6.42 Å². The number of nitrogens with one attached hydrogen (secondary N) is 1. The van der Waals surface area contributed by atoms with E-state index in [0.717, 1.165) is 12.8 Å². The number of carbonyl (C=O) groups excluding carboxylic acids is 2. The predicted octanol–water partition coefficient (Wildman–Crippen LogP) is 1.09. The quantitative estimate of drug-likeness (QED) is 0.432. The summed E-state index contributed by atoms with van der Waals surface area (Å²) in [6.45, 7) is 6.65. The molecule has 1 amide bonds. The van der Waals surface area contributed by atoms with Gasteiger partial charge in [0.25, 0.3) is 0 Å². The fraction of sp³-hybridized carbons (Fsp3) is 0.857. The van der Waals surface area contributed by atoms with Gasteiger partial charge in [-0.15, -0.1) is 0 Å². The normalized spacial score (nSPS) is 30.0. The minimum atomic E-state index is -4.64. The Kier molecular flexibility index (Phi) is 6.77. The van der Waals surface area contributed by atoms with Gasteiger partial charge in [-0.05, 0) is 37.0 Å². The van der Waals surface area contributed by atoms with Crippen molar-refractivity contribution < 1.29 is 33.6 Å². The van der Waals surface area contributed by atoms with Gasteiger partial charge in [0.1, 0.15) is 12.1 Å². The molecule has 0 bridgehead atoms. The van der Waals surface area contributed by atoms with Crippen molar-refractivity contribution in [3.63, 3.8) is 0 Å². The number of carbonyl (C=O) groups is 2. The predicted molar refractivity (Wildman–Crippen MR) is 82.1 cm³/mol. The number of rotatable bonds is 2. The van der Waals surface area contributed by atoms with Crippen molar-refractivity contribution in [3.8, 4) is 0 Å². The van der Waals surface area contributed by atoms with Crippen molar-refractivity contribution in [1.82, 2.24) is 5.32 Å². The maximum absolute atomic E-state index is 11.9. The summed E-state index contributed by atoms with van der Waals surface area (Å²) in [5.74, 6) is 0.287. The lowest BCUT2D eigenvalue weighted by Gasteiger charge is -2.38. The highest BCUT2D eigenvalue weighted by Crippen LogP contribution is 2.39.